The molecule has 1 aliphatic heterocycles. The second-order valence-corrected chi connectivity index (χ2v) is 5.56. The standard InChI is InChI=1S/C16H18N2O3/c1-4-16(2,3)17-15(21)18-10-6-8-11-12(14(19)20)7-5-9-13(11)18/h1,5,7,9H,6,8,10H2,2-3H3,(H,17,21)(H,19,20). The first-order chi connectivity index (χ1) is 9.85. The van der Waals surface area contributed by atoms with Crippen molar-refractivity contribution in [3.8, 4) is 12.3 Å². The molecule has 0 unspecified atom stereocenters. The van der Waals surface area contributed by atoms with Crippen molar-refractivity contribution in [3.63, 3.8) is 0 Å². The zero-order chi connectivity index (χ0) is 15.6. The average molecular weight is 286 g/mol. The molecule has 21 heavy (non-hydrogen) atoms. The quantitative estimate of drug-likeness (QED) is 0.819. The van der Waals surface area contributed by atoms with Crippen LogP contribution in [-0.4, -0.2) is 29.2 Å². The molecule has 110 valence electrons. The SMILES string of the molecule is C#CC(C)(C)NC(=O)N1CCCc2c(C(=O)O)cccc21. The van der Waals surface area contributed by atoms with E-state index in [-0.39, 0.29) is 11.6 Å². The van der Waals surface area contributed by atoms with Gasteiger partial charge in [-0.2, -0.15) is 0 Å². The summed E-state index contributed by atoms with van der Waals surface area (Å²) >= 11 is 0. The number of nitrogens with one attached hydrogen (secondary N) is 1. The van der Waals surface area contributed by atoms with Crippen LogP contribution in [0.25, 0.3) is 0 Å². The molecule has 0 saturated carbocycles. The number of terminal acetylenes is 1. The van der Waals surface area contributed by atoms with Crippen LogP contribution in [0.5, 0.6) is 0 Å². The van der Waals surface area contributed by atoms with E-state index in [1.165, 1.54) is 0 Å². The Bertz CT molecular complexity index is 629. The minimum absolute atomic E-state index is 0.251. The van der Waals surface area contributed by atoms with Gasteiger partial charge in [-0.15, -0.1) is 6.42 Å². The number of amides is 2. The summed E-state index contributed by atoms with van der Waals surface area (Å²) in [5.41, 5.74) is 0.844. The lowest BCUT2D eigenvalue weighted by atomic mass is 9.96. The highest BCUT2D eigenvalue weighted by atomic mass is 16.4. The van der Waals surface area contributed by atoms with Gasteiger partial charge in [-0.05, 0) is 44.4 Å². The van der Waals surface area contributed by atoms with Crippen LogP contribution < -0.4 is 10.2 Å². The van der Waals surface area contributed by atoms with E-state index in [0.29, 0.717) is 24.2 Å². The number of carboxylic acids is 1. The molecule has 0 spiro atoms. The Kier molecular flexibility index (Phi) is 3.90. The summed E-state index contributed by atoms with van der Waals surface area (Å²) < 4.78 is 0. The Balaban J connectivity index is 2.35. The molecule has 2 rings (SSSR count). The van der Waals surface area contributed by atoms with E-state index in [2.05, 4.69) is 11.2 Å². The van der Waals surface area contributed by atoms with Gasteiger partial charge in [0.1, 0.15) is 0 Å². The first kappa shape index (κ1) is 14.9. The molecule has 1 aliphatic rings. The van der Waals surface area contributed by atoms with Gasteiger partial charge in [0.2, 0.25) is 0 Å². The zero-order valence-electron chi connectivity index (χ0n) is 12.1. The topological polar surface area (TPSA) is 69.6 Å². The summed E-state index contributed by atoms with van der Waals surface area (Å²) in [6.45, 7) is 4.02. The lowest BCUT2D eigenvalue weighted by molar-refractivity contribution is 0.0695. The van der Waals surface area contributed by atoms with Gasteiger partial charge in [0, 0.05) is 12.2 Å². The highest BCUT2D eigenvalue weighted by Gasteiger charge is 2.28. The van der Waals surface area contributed by atoms with Gasteiger partial charge >= 0.3 is 12.0 Å². The van der Waals surface area contributed by atoms with Crippen molar-refractivity contribution < 1.29 is 14.7 Å². The zero-order valence-corrected chi connectivity index (χ0v) is 12.1. The van der Waals surface area contributed by atoms with Gasteiger partial charge in [-0.3, -0.25) is 4.90 Å². The molecule has 0 radical (unpaired) electrons. The monoisotopic (exact) mass is 286 g/mol. The van der Waals surface area contributed by atoms with Crippen LogP contribution in [0.4, 0.5) is 10.5 Å². The van der Waals surface area contributed by atoms with Crippen molar-refractivity contribution in [2.75, 3.05) is 11.4 Å². The van der Waals surface area contributed by atoms with E-state index in [4.69, 9.17) is 6.42 Å². The lowest BCUT2D eigenvalue weighted by Gasteiger charge is -2.32. The van der Waals surface area contributed by atoms with E-state index in [9.17, 15) is 14.7 Å². The van der Waals surface area contributed by atoms with Gasteiger partial charge in [0.15, 0.2) is 0 Å². The van der Waals surface area contributed by atoms with Crippen molar-refractivity contribution in [1.82, 2.24) is 5.32 Å². The smallest absolute Gasteiger partial charge is 0.336 e. The van der Waals surface area contributed by atoms with Crippen molar-refractivity contribution in [3.05, 3.63) is 29.3 Å². The van der Waals surface area contributed by atoms with Crippen LogP contribution in [-0.2, 0) is 6.42 Å². The lowest BCUT2D eigenvalue weighted by Crippen LogP contribution is -2.51. The van der Waals surface area contributed by atoms with Gasteiger partial charge in [-0.1, -0.05) is 12.0 Å². The normalized spacial score (nSPS) is 14.0. The summed E-state index contributed by atoms with van der Waals surface area (Å²) in [5, 5.41) is 12.0. The third-order valence-corrected chi connectivity index (χ3v) is 3.51. The molecule has 2 amide bonds. The van der Waals surface area contributed by atoms with E-state index in [1.807, 2.05) is 0 Å². The Morgan fingerprint density at radius 3 is 2.76 bits per heavy atom. The Hall–Kier alpha value is -2.48. The Morgan fingerprint density at radius 2 is 2.14 bits per heavy atom. The molecular weight excluding hydrogens is 268 g/mol. The minimum Gasteiger partial charge on any atom is -0.478 e. The first-order valence-electron chi connectivity index (χ1n) is 6.78. The molecule has 0 bridgehead atoms. The van der Waals surface area contributed by atoms with Crippen LogP contribution in [0.1, 0.15) is 36.2 Å². The number of urea groups is 1. The van der Waals surface area contributed by atoms with Crippen LogP contribution in [0.3, 0.4) is 0 Å². The van der Waals surface area contributed by atoms with E-state index >= 15 is 0 Å². The number of anilines is 1. The number of fused-ring (bicyclic) bond motifs is 1. The molecule has 0 aromatic heterocycles. The molecule has 0 aliphatic carbocycles. The molecule has 1 heterocycles. The van der Waals surface area contributed by atoms with Crippen molar-refractivity contribution in [2.45, 2.75) is 32.2 Å². The van der Waals surface area contributed by atoms with Crippen molar-refractivity contribution in [2.24, 2.45) is 0 Å². The fraction of sp³-hybridized carbons (Fsp3) is 0.375. The number of benzene rings is 1. The summed E-state index contributed by atoms with van der Waals surface area (Å²) in [4.78, 5) is 25.2. The van der Waals surface area contributed by atoms with E-state index < -0.39 is 11.5 Å². The molecular formula is C16H18N2O3. The number of carboxylic acid groups (broad SMARTS) is 1. The molecule has 0 fully saturated rings. The molecule has 0 atom stereocenters. The van der Waals surface area contributed by atoms with Crippen molar-refractivity contribution in [1.29, 1.82) is 0 Å². The largest absolute Gasteiger partial charge is 0.478 e. The second kappa shape index (κ2) is 5.49. The van der Waals surface area contributed by atoms with E-state index in [0.717, 1.165) is 6.42 Å². The van der Waals surface area contributed by atoms with Crippen LogP contribution >= 0.6 is 0 Å². The molecule has 5 nitrogen and oxygen atoms in total. The van der Waals surface area contributed by atoms with Crippen LogP contribution in [0.2, 0.25) is 0 Å². The van der Waals surface area contributed by atoms with Gasteiger partial charge in [0.05, 0.1) is 11.1 Å². The fourth-order valence-corrected chi connectivity index (χ4v) is 2.41. The number of carbonyl (C=O) groups excluding carboxylic acids is 1. The molecule has 1 aromatic carbocycles. The molecule has 1 aromatic rings. The van der Waals surface area contributed by atoms with Gasteiger partial charge in [0.25, 0.3) is 0 Å². The predicted octanol–water partition coefficient (Wildman–Crippen LogP) is 2.26. The number of aromatic carboxylic acids is 1. The number of hydrogen-bond acceptors (Lipinski definition) is 2. The molecule has 2 N–H and O–H groups in total. The Labute approximate surface area is 124 Å². The highest BCUT2D eigenvalue weighted by Crippen LogP contribution is 2.30. The second-order valence-electron chi connectivity index (χ2n) is 5.56. The summed E-state index contributed by atoms with van der Waals surface area (Å²) in [7, 11) is 0. The maximum absolute atomic E-state index is 12.4. The summed E-state index contributed by atoms with van der Waals surface area (Å²) in [5.74, 6) is 1.54. The predicted molar refractivity (Wildman–Crippen MR) is 80.5 cm³/mol. The fourth-order valence-electron chi connectivity index (χ4n) is 2.41. The number of nitrogens with zero attached hydrogens (tertiary/aromatic N) is 1. The van der Waals surface area contributed by atoms with Crippen LogP contribution in [0, 0.1) is 12.3 Å². The van der Waals surface area contributed by atoms with E-state index in [1.54, 1.807) is 36.9 Å². The van der Waals surface area contributed by atoms with Crippen LogP contribution in [0.15, 0.2) is 18.2 Å². The maximum atomic E-state index is 12.4. The van der Waals surface area contributed by atoms with Gasteiger partial charge < -0.3 is 10.4 Å². The van der Waals surface area contributed by atoms with Gasteiger partial charge in [-0.25, -0.2) is 9.59 Å². The highest BCUT2D eigenvalue weighted by molar-refractivity contribution is 5.98. The number of hydrogen-bond donors (Lipinski definition) is 2. The third kappa shape index (κ3) is 3.00. The summed E-state index contributed by atoms with van der Waals surface area (Å²) in [6.07, 6.45) is 6.76. The third-order valence-electron chi connectivity index (χ3n) is 3.51. The van der Waals surface area contributed by atoms with Crippen molar-refractivity contribution >= 4 is 17.7 Å². The summed E-state index contributed by atoms with van der Waals surface area (Å²) in [6, 6.07) is 4.68. The number of carbonyl (C=O) groups is 2. The number of rotatable bonds is 2. The Morgan fingerprint density at radius 1 is 1.43 bits per heavy atom. The maximum Gasteiger partial charge on any atom is 0.336 e. The first-order valence-corrected chi connectivity index (χ1v) is 6.78. The average Bonchev–Trinajstić information content (AvgIpc) is 2.45. The molecule has 0 saturated heterocycles. The molecule has 5 heteroatoms. The minimum atomic E-state index is -0.974.